The third-order valence-corrected chi connectivity index (χ3v) is 3.85. The van der Waals surface area contributed by atoms with Gasteiger partial charge in [0.2, 0.25) is 0 Å². The molecule has 3 rings (SSSR count). The van der Waals surface area contributed by atoms with Crippen molar-refractivity contribution in [1.29, 1.82) is 0 Å². The number of ether oxygens (including phenoxy) is 1. The Balaban J connectivity index is 1.82. The molecule has 0 atom stereocenters. The monoisotopic (exact) mass is 314 g/mol. The smallest absolute Gasteiger partial charge is 0.154 e. The predicted molar refractivity (Wildman–Crippen MR) is 91.8 cm³/mol. The van der Waals surface area contributed by atoms with Crippen molar-refractivity contribution >= 4 is 23.5 Å². The molecule has 0 radical (unpaired) electrons. The van der Waals surface area contributed by atoms with Gasteiger partial charge in [-0.2, -0.15) is 5.10 Å². The second-order valence-corrected chi connectivity index (χ2v) is 5.32. The Labute approximate surface area is 135 Å². The maximum atomic E-state index is 5.40. The van der Waals surface area contributed by atoms with Crippen molar-refractivity contribution in [3.8, 4) is 0 Å². The number of hydrogen-bond donors (Lipinski definition) is 1. The molecule has 1 N–H and O–H groups in total. The first-order chi connectivity index (χ1) is 11.2. The van der Waals surface area contributed by atoms with Gasteiger partial charge < -0.3 is 19.5 Å². The first-order valence-corrected chi connectivity index (χ1v) is 7.62. The lowest BCUT2D eigenvalue weighted by Crippen LogP contribution is -2.37. The van der Waals surface area contributed by atoms with E-state index in [1.54, 1.807) is 13.2 Å². The zero-order valence-electron chi connectivity index (χ0n) is 13.6. The quantitative estimate of drug-likeness (QED) is 0.927. The van der Waals surface area contributed by atoms with Crippen molar-refractivity contribution in [3.05, 3.63) is 36.5 Å². The van der Waals surface area contributed by atoms with Crippen LogP contribution in [0.3, 0.4) is 0 Å². The number of morpholine rings is 1. The molecular weight excluding hydrogens is 292 g/mol. The number of nitrogens with one attached hydrogen (secondary N) is 1. The molecule has 0 saturated carbocycles. The zero-order chi connectivity index (χ0) is 16.2. The van der Waals surface area contributed by atoms with Gasteiger partial charge in [0.1, 0.15) is 11.3 Å². The number of nitrogens with zero attached hydrogens (tertiary/aromatic N) is 5. The van der Waals surface area contributed by atoms with Gasteiger partial charge in [0.15, 0.2) is 5.82 Å². The number of hydrogen-bond acceptors (Lipinski definition) is 5. The highest BCUT2D eigenvalue weighted by Crippen LogP contribution is 2.21. The van der Waals surface area contributed by atoms with Crippen LogP contribution in [0.15, 0.2) is 36.0 Å². The molecule has 0 unspecified atom stereocenters. The summed E-state index contributed by atoms with van der Waals surface area (Å²) in [5, 5.41) is 7.88. The van der Waals surface area contributed by atoms with Crippen molar-refractivity contribution in [2.24, 2.45) is 12.0 Å². The summed E-state index contributed by atoms with van der Waals surface area (Å²) in [5.41, 5.74) is 1.77. The maximum Gasteiger partial charge on any atom is 0.154 e. The maximum absolute atomic E-state index is 5.40. The minimum Gasteiger partial charge on any atom is -0.378 e. The highest BCUT2D eigenvalue weighted by Gasteiger charge is 2.16. The van der Waals surface area contributed by atoms with E-state index in [-0.39, 0.29) is 0 Å². The minimum absolute atomic E-state index is 0.759. The number of pyridine rings is 1. The summed E-state index contributed by atoms with van der Waals surface area (Å²) >= 11 is 0. The van der Waals surface area contributed by atoms with Gasteiger partial charge >= 0.3 is 0 Å². The van der Waals surface area contributed by atoms with Gasteiger partial charge in [-0.25, -0.2) is 0 Å². The lowest BCUT2D eigenvalue weighted by Gasteiger charge is -2.28. The van der Waals surface area contributed by atoms with Gasteiger partial charge in [-0.05, 0) is 6.07 Å². The van der Waals surface area contributed by atoms with Crippen molar-refractivity contribution < 1.29 is 4.74 Å². The standard InChI is InChI=1S/C16H22N6O/c1-4-21-6-5-13(11-15(21)17-2)18-14-12-16(20(3)19-14)22-7-9-23-10-8-22/h4-6,11-12H,1,7-10H2,2-3H3,(H,18,19). The fourth-order valence-corrected chi connectivity index (χ4v) is 2.67. The molecule has 1 fully saturated rings. The van der Waals surface area contributed by atoms with Crippen molar-refractivity contribution in [2.45, 2.75) is 0 Å². The predicted octanol–water partition coefficient (Wildman–Crippen LogP) is 1.43. The SMILES string of the molecule is C=Cn1ccc(Nc2cc(N3CCOCC3)n(C)n2)cc1=NC. The summed E-state index contributed by atoms with van der Waals surface area (Å²) in [6.45, 7) is 7.07. The average molecular weight is 314 g/mol. The fraction of sp³-hybridized carbons (Fsp3) is 0.375. The molecule has 0 aliphatic carbocycles. The van der Waals surface area contributed by atoms with Crippen LogP contribution in [0.25, 0.3) is 6.20 Å². The number of aryl methyl sites for hydroxylation is 1. The third kappa shape index (κ3) is 3.29. The Morgan fingerprint density at radius 3 is 2.83 bits per heavy atom. The second-order valence-electron chi connectivity index (χ2n) is 5.32. The van der Waals surface area contributed by atoms with E-state index in [4.69, 9.17) is 4.74 Å². The summed E-state index contributed by atoms with van der Waals surface area (Å²) in [6.07, 6.45) is 3.65. The van der Waals surface area contributed by atoms with Crippen LogP contribution in [0.4, 0.5) is 17.3 Å². The molecule has 122 valence electrons. The lowest BCUT2D eigenvalue weighted by molar-refractivity contribution is 0.122. The zero-order valence-corrected chi connectivity index (χ0v) is 13.6. The molecule has 3 heterocycles. The number of aromatic nitrogens is 3. The Hall–Kier alpha value is -2.54. The van der Waals surface area contributed by atoms with Gasteiger partial charge in [0, 0.05) is 57.4 Å². The van der Waals surface area contributed by atoms with Crippen LogP contribution in [0.2, 0.25) is 0 Å². The summed E-state index contributed by atoms with van der Waals surface area (Å²) in [4.78, 5) is 6.53. The normalized spacial score (nSPS) is 15.7. The molecule has 1 aliphatic heterocycles. The van der Waals surface area contributed by atoms with Gasteiger partial charge in [-0.15, -0.1) is 0 Å². The van der Waals surface area contributed by atoms with Crippen LogP contribution < -0.4 is 15.7 Å². The molecule has 1 aliphatic rings. The van der Waals surface area contributed by atoms with Crippen LogP contribution in [-0.4, -0.2) is 47.7 Å². The fourth-order valence-electron chi connectivity index (χ4n) is 2.67. The summed E-state index contributed by atoms with van der Waals surface area (Å²) in [6, 6.07) is 5.99. The molecule has 0 spiro atoms. The Morgan fingerprint density at radius 2 is 2.13 bits per heavy atom. The van der Waals surface area contributed by atoms with Crippen molar-refractivity contribution in [1.82, 2.24) is 14.3 Å². The van der Waals surface area contributed by atoms with E-state index < -0.39 is 0 Å². The third-order valence-electron chi connectivity index (χ3n) is 3.85. The largest absolute Gasteiger partial charge is 0.378 e. The van der Waals surface area contributed by atoms with E-state index in [1.807, 2.05) is 34.6 Å². The van der Waals surface area contributed by atoms with Crippen molar-refractivity contribution in [2.75, 3.05) is 43.6 Å². The van der Waals surface area contributed by atoms with E-state index in [0.29, 0.717) is 0 Å². The Bertz CT molecular complexity index is 754. The van der Waals surface area contributed by atoms with Crippen LogP contribution in [0, 0.1) is 0 Å². The molecule has 0 amide bonds. The Kier molecular flexibility index (Phi) is 4.47. The topological polar surface area (TPSA) is 59.6 Å². The van der Waals surface area contributed by atoms with E-state index in [0.717, 1.165) is 49.1 Å². The Morgan fingerprint density at radius 1 is 1.35 bits per heavy atom. The first kappa shape index (κ1) is 15.4. The van der Waals surface area contributed by atoms with Gasteiger partial charge in [-0.3, -0.25) is 9.67 Å². The van der Waals surface area contributed by atoms with Crippen LogP contribution >= 0.6 is 0 Å². The van der Waals surface area contributed by atoms with Gasteiger partial charge in [0.25, 0.3) is 0 Å². The summed E-state index contributed by atoms with van der Waals surface area (Å²) < 4.78 is 9.16. The molecule has 2 aromatic rings. The average Bonchev–Trinajstić information content (AvgIpc) is 2.95. The summed E-state index contributed by atoms with van der Waals surface area (Å²) in [5.74, 6) is 1.90. The van der Waals surface area contributed by atoms with E-state index in [2.05, 4.69) is 33.0 Å². The molecule has 7 heteroatoms. The second kappa shape index (κ2) is 6.70. The molecule has 0 bridgehead atoms. The van der Waals surface area contributed by atoms with Gasteiger partial charge in [0.05, 0.1) is 13.2 Å². The van der Waals surface area contributed by atoms with Gasteiger partial charge in [-0.1, -0.05) is 6.58 Å². The first-order valence-electron chi connectivity index (χ1n) is 7.62. The van der Waals surface area contributed by atoms with Crippen LogP contribution in [0.1, 0.15) is 0 Å². The summed E-state index contributed by atoms with van der Waals surface area (Å²) in [7, 11) is 3.72. The van der Waals surface area contributed by atoms with E-state index in [9.17, 15) is 0 Å². The van der Waals surface area contributed by atoms with Crippen LogP contribution in [0.5, 0.6) is 0 Å². The van der Waals surface area contributed by atoms with Crippen molar-refractivity contribution in [3.63, 3.8) is 0 Å². The van der Waals surface area contributed by atoms with E-state index >= 15 is 0 Å². The van der Waals surface area contributed by atoms with Crippen LogP contribution in [-0.2, 0) is 11.8 Å². The molecule has 7 nitrogen and oxygen atoms in total. The minimum atomic E-state index is 0.759. The highest BCUT2D eigenvalue weighted by atomic mass is 16.5. The molecular formula is C16H22N6O. The molecule has 1 saturated heterocycles. The highest BCUT2D eigenvalue weighted by molar-refractivity contribution is 5.60. The lowest BCUT2D eigenvalue weighted by atomic mass is 10.3. The number of rotatable bonds is 4. The molecule has 0 aromatic carbocycles. The molecule has 23 heavy (non-hydrogen) atoms. The van der Waals surface area contributed by atoms with E-state index in [1.165, 1.54) is 0 Å². The molecule has 2 aromatic heterocycles. The number of anilines is 3.